The SMILES string of the molecule is CCNC(c1cnccn1)c1cnc(C(F)(F)F)s1. The molecule has 0 aromatic carbocycles. The maximum atomic E-state index is 12.6. The van der Waals surface area contributed by atoms with Gasteiger partial charge < -0.3 is 5.32 Å². The largest absolute Gasteiger partial charge is 0.443 e. The van der Waals surface area contributed by atoms with E-state index in [4.69, 9.17) is 0 Å². The third-order valence-corrected chi connectivity index (χ3v) is 3.44. The molecule has 1 atom stereocenters. The highest BCUT2D eigenvalue weighted by atomic mass is 32.1. The number of nitrogens with zero attached hydrogens (tertiary/aromatic N) is 3. The van der Waals surface area contributed by atoms with E-state index >= 15 is 0 Å². The van der Waals surface area contributed by atoms with Crippen molar-refractivity contribution < 1.29 is 13.2 Å². The van der Waals surface area contributed by atoms with Crippen LogP contribution in [0.2, 0.25) is 0 Å². The predicted molar refractivity (Wildman–Crippen MR) is 64.7 cm³/mol. The molecule has 102 valence electrons. The monoisotopic (exact) mass is 288 g/mol. The summed E-state index contributed by atoms with van der Waals surface area (Å²) in [6, 6.07) is -0.424. The minimum atomic E-state index is -4.41. The lowest BCUT2D eigenvalue weighted by molar-refractivity contribution is -0.137. The Morgan fingerprint density at radius 2 is 2.05 bits per heavy atom. The molecule has 0 saturated carbocycles. The molecule has 2 aromatic rings. The minimum absolute atomic E-state index is 0.424. The lowest BCUT2D eigenvalue weighted by Crippen LogP contribution is -2.22. The lowest BCUT2D eigenvalue weighted by Gasteiger charge is -2.14. The fraction of sp³-hybridized carbons (Fsp3) is 0.364. The zero-order valence-electron chi connectivity index (χ0n) is 9.98. The first-order valence-electron chi connectivity index (χ1n) is 5.54. The molecule has 2 heterocycles. The number of alkyl halides is 3. The van der Waals surface area contributed by atoms with Gasteiger partial charge in [-0.2, -0.15) is 13.2 Å². The molecule has 0 amide bonds. The van der Waals surface area contributed by atoms with E-state index in [1.165, 1.54) is 24.8 Å². The summed E-state index contributed by atoms with van der Waals surface area (Å²) in [6.45, 7) is 2.47. The van der Waals surface area contributed by atoms with Gasteiger partial charge in [0.2, 0.25) is 0 Å². The number of rotatable bonds is 4. The van der Waals surface area contributed by atoms with Gasteiger partial charge in [-0.15, -0.1) is 11.3 Å². The number of halogens is 3. The zero-order valence-corrected chi connectivity index (χ0v) is 10.8. The van der Waals surface area contributed by atoms with Gasteiger partial charge in [0, 0.05) is 23.5 Å². The molecule has 2 aromatic heterocycles. The van der Waals surface area contributed by atoms with Gasteiger partial charge in [-0.3, -0.25) is 9.97 Å². The standard InChI is InChI=1S/C11H11F3N4S/c1-2-16-9(7-5-15-3-4-17-7)8-6-18-10(19-8)11(12,13)14/h3-6,9,16H,2H2,1H3. The van der Waals surface area contributed by atoms with E-state index in [1.54, 1.807) is 0 Å². The third kappa shape index (κ3) is 3.27. The Kier molecular flexibility index (Phi) is 4.11. The van der Waals surface area contributed by atoms with E-state index in [-0.39, 0.29) is 0 Å². The average Bonchev–Trinajstić information content (AvgIpc) is 2.86. The van der Waals surface area contributed by atoms with Crippen molar-refractivity contribution >= 4 is 11.3 Å². The van der Waals surface area contributed by atoms with Gasteiger partial charge in [-0.05, 0) is 6.54 Å². The molecule has 0 aliphatic rings. The summed E-state index contributed by atoms with van der Waals surface area (Å²) in [5.41, 5.74) is 0.571. The molecule has 1 N–H and O–H groups in total. The van der Waals surface area contributed by atoms with Gasteiger partial charge in [0.15, 0.2) is 5.01 Å². The maximum Gasteiger partial charge on any atom is 0.443 e. The van der Waals surface area contributed by atoms with Crippen molar-refractivity contribution in [3.05, 3.63) is 40.4 Å². The first kappa shape index (κ1) is 13.9. The fourth-order valence-corrected chi connectivity index (χ4v) is 2.44. The van der Waals surface area contributed by atoms with E-state index in [0.29, 0.717) is 28.5 Å². The van der Waals surface area contributed by atoms with Crippen molar-refractivity contribution in [3.63, 3.8) is 0 Å². The van der Waals surface area contributed by atoms with Gasteiger partial charge in [0.1, 0.15) is 0 Å². The van der Waals surface area contributed by atoms with Gasteiger partial charge >= 0.3 is 6.18 Å². The molecule has 19 heavy (non-hydrogen) atoms. The zero-order chi connectivity index (χ0) is 13.9. The van der Waals surface area contributed by atoms with Gasteiger partial charge in [-0.25, -0.2) is 4.98 Å². The summed E-state index contributed by atoms with van der Waals surface area (Å²) < 4.78 is 37.7. The van der Waals surface area contributed by atoms with Gasteiger partial charge in [-0.1, -0.05) is 6.92 Å². The van der Waals surface area contributed by atoms with Crippen LogP contribution in [-0.4, -0.2) is 21.5 Å². The summed E-state index contributed by atoms with van der Waals surface area (Å²) in [5.74, 6) is 0. The van der Waals surface area contributed by atoms with Crippen molar-refractivity contribution in [2.24, 2.45) is 0 Å². The first-order chi connectivity index (χ1) is 9.02. The number of hydrogen-bond acceptors (Lipinski definition) is 5. The first-order valence-corrected chi connectivity index (χ1v) is 6.36. The van der Waals surface area contributed by atoms with Crippen LogP contribution in [0.15, 0.2) is 24.8 Å². The molecule has 1 unspecified atom stereocenters. The van der Waals surface area contributed by atoms with E-state index in [1.807, 2.05) is 6.92 Å². The lowest BCUT2D eigenvalue weighted by atomic mass is 10.2. The maximum absolute atomic E-state index is 12.6. The molecule has 0 bridgehead atoms. The quantitative estimate of drug-likeness (QED) is 0.939. The van der Waals surface area contributed by atoms with Crippen LogP contribution in [0, 0.1) is 0 Å². The Bertz CT molecular complexity index is 526. The van der Waals surface area contributed by atoms with E-state index in [9.17, 15) is 13.2 Å². The Balaban J connectivity index is 2.32. The molecule has 0 aliphatic carbocycles. The van der Waals surface area contributed by atoms with E-state index in [2.05, 4.69) is 20.3 Å². The molecule has 0 aliphatic heterocycles. The minimum Gasteiger partial charge on any atom is -0.304 e. The van der Waals surface area contributed by atoms with Crippen LogP contribution in [0.3, 0.4) is 0 Å². The van der Waals surface area contributed by atoms with Crippen molar-refractivity contribution in [2.75, 3.05) is 6.54 Å². The van der Waals surface area contributed by atoms with Crippen LogP contribution < -0.4 is 5.32 Å². The second-order valence-electron chi connectivity index (χ2n) is 3.69. The summed E-state index contributed by atoms with van der Waals surface area (Å²) in [6.07, 6.45) is 1.36. The second-order valence-corrected chi connectivity index (χ2v) is 4.75. The molecule has 0 fully saturated rings. The van der Waals surface area contributed by atoms with Crippen LogP contribution in [0.5, 0.6) is 0 Å². The molecule has 0 spiro atoms. The number of hydrogen-bond donors (Lipinski definition) is 1. The third-order valence-electron chi connectivity index (χ3n) is 2.34. The summed E-state index contributed by atoms with van der Waals surface area (Å²) in [7, 11) is 0. The highest BCUT2D eigenvalue weighted by Gasteiger charge is 2.35. The molecule has 0 saturated heterocycles. The Morgan fingerprint density at radius 3 is 2.58 bits per heavy atom. The molecule has 2 rings (SSSR count). The smallest absolute Gasteiger partial charge is 0.304 e. The average molecular weight is 288 g/mol. The van der Waals surface area contributed by atoms with Crippen LogP contribution >= 0.6 is 11.3 Å². The van der Waals surface area contributed by atoms with E-state index in [0.717, 1.165) is 0 Å². The molecule has 0 radical (unpaired) electrons. The Morgan fingerprint density at radius 1 is 1.26 bits per heavy atom. The molecule has 4 nitrogen and oxygen atoms in total. The van der Waals surface area contributed by atoms with Crippen LogP contribution in [0.4, 0.5) is 13.2 Å². The second kappa shape index (κ2) is 5.62. The topological polar surface area (TPSA) is 50.7 Å². The number of thiazole rings is 1. The van der Waals surface area contributed by atoms with Crippen molar-refractivity contribution in [1.82, 2.24) is 20.3 Å². The summed E-state index contributed by atoms with van der Waals surface area (Å²) >= 11 is 0.616. The van der Waals surface area contributed by atoms with Gasteiger partial charge in [0.05, 0.1) is 17.9 Å². The summed E-state index contributed by atoms with van der Waals surface area (Å²) in [4.78, 5) is 11.9. The van der Waals surface area contributed by atoms with Gasteiger partial charge in [0.25, 0.3) is 0 Å². The number of aromatic nitrogens is 3. The molecular weight excluding hydrogens is 277 g/mol. The Labute approximate surface area is 111 Å². The van der Waals surface area contributed by atoms with Crippen molar-refractivity contribution in [1.29, 1.82) is 0 Å². The fourth-order valence-electron chi connectivity index (χ4n) is 1.57. The van der Waals surface area contributed by atoms with Crippen LogP contribution in [0.25, 0.3) is 0 Å². The predicted octanol–water partition coefficient (Wildman–Crippen LogP) is 2.65. The van der Waals surface area contributed by atoms with Crippen molar-refractivity contribution in [2.45, 2.75) is 19.1 Å². The highest BCUT2D eigenvalue weighted by Crippen LogP contribution is 2.35. The summed E-state index contributed by atoms with van der Waals surface area (Å²) in [5, 5.41) is 2.23. The highest BCUT2D eigenvalue weighted by molar-refractivity contribution is 7.11. The van der Waals surface area contributed by atoms with Crippen LogP contribution in [-0.2, 0) is 6.18 Å². The number of nitrogens with one attached hydrogen (secondary N) is 1. The van der Waals surface area contributed by atoms with E-state index < -0.39 is 17.2 Å². The molecular formula is C11H11F3N4S. The molecule has 8 heteroatoms. The Hall–Kier alpha value is -1.54. The van der Waals surface area contributed by atoms with Crippen LogP contribution in [0.1, 0.15) is 28.5 Å². The normalized spacial score (nSPS) is 13.5. The van der Waals surface area contributed by atoms with Crippen molar-refractivity contribution in [3.8, 4) is 0 Å².